The normalized spacial score (nSPS) is 10.2. The Labute approximate surface area is 83.0 Å². The molecule has 0 amide bonds. The number of nitrogen functional groups attached to an aromatic ring is 1. The highest BCUT2D eigenvalue weighted by molar-refractivity contribution is 7.19. The van der Waals surface area contributed by atoms with Crippen molar-refractivity contribution in [1.29, 1.82) is 0 Å². The summed E-state index contributed by atoms with van der Waals surface area (Å²) in [6, 6.07) is 0. The van der Waals surface area contributed by atoms with Crippen molar-refractivity contribution >= 4 is 27.8 Å². The van der Waals surface area contributed by atoms with Crippen LogP contribution in [0.1, 0.15) is 0 Å². The highest BCUT2D eigenvalue weighted by Crippen LogP contribution is 2.30. The van der Waals surface area contributed by atoms with Crippen LogP contribution in [0.5, 0.6) is 5.19 Å². The Balaban J connectivity index is 2.35. The SMILES string of the molecule is COc1nc(-c2cnc(N)s2)cs1. The summed E-state index contributed by atoms with van der Waals surface area (Å²) in [6.07, 6.45) is 1.72. The highest BCUT2D eigenvalue weighted by Gasteiger charge is 2.06. The summed E-state index contributed by atoms with van der Waals surface area (Å²) < 4.78 is 4.98. The van der Waals surface area contributed by atoms with E-state index >= 15 is 0 Å². The molecule has 13 heavy (non-hydrogen) atoms. The van der Waals surface area contributed by atoms with Crippen LogP contribution < -0.4 is 10.5 Å². The van der Waals surface area contributed by atoms with Crippen LogP contribution in [-0.2, 0) is 0 Å². The second-order valence-electron chi connectivity index (χ2n) is 2.27. The van der Waals surface area contributed by atoms with Gasteiger partial charge in [-0.25, -0.2) is 9.97 Å². The van der Waals surface area contributed by atoms with Gasteiger partial charge in [0.1, 0.15) is 0 Å². The van der Waals surface area contributed by atoms with Gasteiger partial charge in [-0.3, -0.25) is 0 Å². The topological polar surface area (TPSA) is 61.0 Å². The minimum absolute atomic E-state index is 0.557. The van der Waals surface area contributed by atoms with Crippen LogP contribution in [0, 0.1) is 0 Å². The average Bonchev–Trinajstić information content (AvgIpc) is 2.71. The van der Waals surface area contributed by atoms with Gasteiger partial charge < -0.3 is 10.5 Å². The van der Waals surface area contributed by atoms with E-state index in [-0.39, 0.29) is 0 Å². The van der Waals surface area contributed by atoms with Crippen molar-refractivity contribution in [2.24, 2.45) is 0 Å². The molecule has 68 valence electrons. The number of ether oxygens (including phenoxy) is 1. The fourth-order valence-corrected chi connectivity index (χ4v) is 2.23. The Hall–Kier alpha value is -1.14. The Bertz CT molecular complexity index is 409. The van der Waals surface area contributed by atoms with Gasteiger partial charge in [0.05, 0.1) is 17.7 Å². The van der Waals surface area contributed by atoms with Crippen molar-refractivity contribution in [3.05, 3.63) is 11.6 Å². The lowest BCUT2D eigenvalue weighted by Crippen LogP contribution is -1.79. The molecule has 0 aromatic carbocycles. The van der Waals surface area contributed by atoms with Crippen molar-refractivity contribution in [2.45, 2.75) is 0 Å². The van der Waals surface area contributed by atoms with E-state index in [4.69, 9.17) is 10.5 Å². The minimum Gasteiger partial charge on any atom is -0.473 e. The molecular weight excluding hydrogens is 206 g/mol. The summed E-state index contributed by atoms with van der Waals surface area (Å²) in [6.45, 7) is 0. The Morgan fingerprint density at radius 2 is 2.38 bits per heavy atom. The van der Waals surface area contributed by atoms with Crippen molar-refractivity contribution in [1.82, 2.24) is 9.97 Å². The lowest BCUT2D eigenvalue weighted by Gasteiger charge is -1.88. The third-order valence-electron chi connectivity index (χ3n) is 1.43. The monoisotopic (exact) mass is 213 g/mol. The predicted octanol–water partition coefficient (Wildman–Crippen LogP) is 1.86. The largest absolute Gasteiger partial charge is 0.473 e. The standard InChI is InChI=1S/C7H7N3OS2/c1-11-7-10-4(3-12-7)5-2-9-6(8)13-5/h2-3H,1H3,(H2,8,9). The number of thiazole rings is 2. The number of methoxy groups -OCH3 is 1. The van der Waals surface area contributed by atoms with Crippen LogP contribution in [0.4, 0.5) is 5.13 Å². The molecule has 0 saturated heterocycles. The molecule has 2 aromatic heterocycles. The van der Waals surface area contributed by atoms with Crippen molar-refractivity contribution in [3.63, 3.8) is 0 Å². The highest BCUT2D eigenvalue weighted by atomic mass is 32.1. The van der Waals surface area contributed by atoms with Gasteiger partial charge in [0.15, 0.2) is 5.13 Å². The van der Waals surface area contributed by atoms with Crippen LogP contribution in [0.15, 0.2) is 11.6 Å². The summed E-state index contributed by atoms with van der Waals surface area (Å²) in [4.78, 5) is 9.14. The van der Waals surface area contributed by atoms with E-state index in [0.29, 0.717) is 10.3 Å². The summed E-state index contributed by atoms with van der Waals surface area (Å²) in [5, 5.41) is 3.13. The third-order valence-corrected chi connectivity index (χ3v) is 3.08. The van der Waals surface area contributed by atoms with E-state index in [1.807, 2.05) is 5.38 Å². The Morgan fingerprint density at radius 3 is 2.92 bits per heavy atom. The number of rotatable bonds is 2. The fraction of sp³-hybridized carbons (Fsp3) is 0.143. The zero-order valence-corrected chi connectivity index (χ0v) is 8.48. The van der Waals surface area contributed by atoms with Crippen molar-refractivity contribution in [3.8, 4) is 15.8 Å². The number of nitrogens with two attached hydrogens (primary N) is 1. The quantitative estimate of drug-likeness (QED) is 0.827. The summed E-state index contributed by atoms with van der Waals surface area (Å²) in [5.41, 5.74) is 6.38. The summed E-state index contributed by atoms with van der Waals surface area (Å²) in [7, 11) is 1.60. The number of hydrogen-bond donors (Lipinski definition) is 1. The van der Waals surface area contributed by atoms with E-state index in [0.717, 1.165) is 10.6 Å². The first-order chi connectivity index (χ1) is 6.29. The van der Waals surface area contributed by atoms with Crippen LogP contribution in [-0.4, -0.2) is 17.1 Å². The second-order valence-corrected chi connectivity index (χ2v) is 4.15. The molecule has 2 aromatic rings. The molecule has 2 heterocycles. The van der Waals surface area contributed by atoms with E-state index in [9.17, 15) is 0 Å². The van der Waals surface area contributed by atoms with E-state index in [1.165, 1.54) is 22.7 Å². The molecule has 0 atom stereocenters. The molecule has 0 aliphatic carbocycles. The molecule has 0 aliphatic rings. The minimum atomic E-state index is 0.557. The molecule has 0 fully saturated rings. The molecule has 2 N–H and O–H groups in total. The lowest BCUT2D eigenvalue weighted by molar-refractivity contribution is 0.412. The molecule has 4 nitrogen and oxygen atoms in total. The Morgan fingerprint density at radius 1 is 1.54 bits per heavy atom. The van der Waals surface area contributed by atoms with Crippen LogP contribution in [0.3, 0.4) is 0 Å². The van der Waals surface area contributed by atoms with Gasteiger partial charge in [0.25, 0.3) is 5.19 Å². The maximum absolute atomic E-state index is 5.51. The summed E-state index contributed by atoms with van der Waals surface area (Å²) in [5.74, 6) is 0. The molecule has 6 heteroatoms. The maximum Gasteiger partial charge on any atom is 0.273 e. The van der Waals surface area contributed by atoms with Gasteiger partial charge in [0, 0.05) is 11.6 Å². The van der Waals surface area contributed by atoms with Gasteiger partial charge in [-0.05, 0) is 0 Å². The molecule has 0 radical (unpaired) electrons. The van der Waals surface area contributed by atoms with Gasteiger partial charge in [0.2, 0.25) is 0 Å². The first-order valence-electron chi connectivity index (χ1n) is 3.51. The molecule has 0 spiro atoms. The molecule has 0 saturated carbocycles. The predicted molar refractivity (Wildman–Crippen MR) is 54.2 cm³/mol. The Kier molecular flexibility index (Phi) is 2.15. The summed E-state index contributed by atoms with van der Waals surface area (Å²) >= 11 is 2.88. The number of hydrogen-bond acceptors (Lipinski definition) is 6. The molecule has 2 rings (SSSR count). The molecular formula is C7H7N3OS2. The van der Waals surface area contributed by atoms with Crippen LogP contribution in [0.25, 0.3) is 10.6 Å². The zero-order valence-electron chi connectivity index (χ0n) is 6.85. The zero-order chi connectivity index (χ0) is 9.26. The first kappa shape index (κ1) is 8.46. The van der Waals surface area contributed by atoms with Crippen molar-refractivity contribution in [2.75, 3.05) is 12.8 Å². The van der Waals surface area contributed by atoms with Gasteiger partial charge in [-0.15, -0.1) is 0 Å². The molecule has 0 unspecified atom stereocenters. The molecule has 0 aliphatic heterocycles. The van der Waals surface area contributed by atoms with Crippen molar-refractivity contribution < 1.29 is 4.74 Å². The number of aromatic nitrogens is 2. The second kappa shape index (κ2) is 3.31. The number of nitrogens with zero attached hydrogens (tertiary/aromatic N) is 2. The van der Waals surface area contributed by atoms with Crippen LogP contribution in [0.2, 0.25) is 0 Å². The van der Waals surface area contributed by atoms with E-state index in [2.05, 4.69) is 9.97 Å². The molecule has 0 bridgehead atoms. The smallest absolute Gasteiger partial charge is 0.273 e. The number of anilines is 1. The lowest BCUT2D eigenvalue weighted by atomic mass is 10.4. The van der Waals surface area contributed by atoms with Gasteiger partial charge in [-0.1, -0.05) is 22.7 Å². The van der Waals surface area contributed by atoms with Crippen LogP contribution >= 0.6 is 22.7 Å². The third kappa shape index (κ3) is 1.63. The average molecular weight is 213 g/mol. The maximum atomic E-state index is 5.51. The van der Waals surface area contributed by atoms with E-state index < -0.39 is 0 Å². The van der Waals surface area contributed by atoms with E-state index in [1.54, 1.807) is 13.3 Å². The van der Waals surface area contributed by atoms with Gasteiger partial charge in [-0.2, -0.15) is 0 Å². The fourth-order valence-electron chi connectivity index (χ4n) is 0.870. The van der Waals surface area contributed by atoms with Gasteiger partial charge >= 0.3 is 0 Å². The first-order valence-corrected chi connectivity index (χ1v) is 5.20.